The minimum atomic E-state index is -0.198. The van der Waals surface area contributed by atoms with Crippen LogP contribution < -0.4 is 15.8 Å². The van der Waals surface area contributed by atoms with E-state index in [-0.39, 0.29) is 5.91 Å². The van der Waals surface area contributed by atoms with Gasteiger partial charge in [-0.1, -0.05) is 6.07 Å². The molecule has 0 saturated heterocycles. The lowest BCUT2D eigenvalue weighted by Crippen LogP contribution is -2.12. The Morgan fingerprint density at radius 1 is 1.26 bits per heavy atom. The normalized spacial score (nSPS) is 10.0. The molecule has 2 aromatic rings. The van der Waals surface area contributed by atoms with Crippen LogP contribution in [-0.4, -0.2) is 13.0 Å². The van der Waals surface area contributed by atoms with Crippen LogP contribution >= 0.6 is 22.6 Å². The molecule has 0 unspecified atom stereocenters. The van der Waals surface area contributed by atoms with E-state index in [1.807, 2.05) is 24.3 Å². The predicted molar refractivity (Wildman–Crippen MR) is 84.5 cm³/mol. The largest absolute Gasteiger partial charge is 0.495 e. The van der Waals surface area contributed by atoms with Crippen molar-refractivity contribution in [1.29, 1.82) is 0 Å². The monoisotopic (exact) mass is 368 g/mol. The van der Waals surface area contributed by atoms with Crippen LogP contribution in [0.4, 0.5) is 11.4 Å². The number of anilines is 2. The number of carbonyl (C=O) groups is 1. The highest BCUT2D eigenvalue weighted by Gasteiger charge is 2.09. The van der Waals surface area contributed by atoms with Gasteiger partial charge in [0.2, 0.25) is 0 Å². The molecule has 1 amide bonds. The number of halogens is 1. The molecule has 3 N–H and O–H groups in total. The molecule has 0 saturated carbocycles. The van der Waals surface area contributed by atoms with Crippen molar-refractivity contribution in [2.45, 2.75) is 0 Å². The number of carbonyl (C=O) groups excluding carboxylic acids is 1. The van der Waals surface area contributed by atoms with E-state index in [2.05, 4.69) is 27.9 Å². The lowest BCUT2D eigenvalue weighted by atomic mass is 10.1. The highest BCUT2D eigenvalue weighted by molar-refractivity contribution is 14.1. The SMILES string of the molecule is COc1ccc(C(=O)Nc2cccc(I)c2)cc1N. The maximum atomic E-state index is 12.1. The van der Waals surface area contributed by atoms with Gasteiger partial charge in [0.25, 0.3) is 5.91 Å². The van der Waals surface area contributed by atoms with E-state index < -0.39 is 0 Å². The Morgan fingerprint density at radius 2 is 2.05 bits per heavy atom. The zero-order valence-electron chi connectivity index (χ0n) is 10.3. The van der Waals surface area contributed by atoms with Gasteiger partial charge in [-0.25, -0.2) is 0 Å². The highest BCUT2D eigenvalue weighted by atomic mass is 127. The number of nitrogen functional groups attached to an aromatic ring is 1. The van der Waals surface area contributed by atoms with Crippen LogP contribution in [0.3, 0.4) is 0 Å². The Bertz CT molecular complexity index is 614. The molecule has 2 rings (SSSR count). The maximum absolute atomic E-state index is 12.1. The zero-order chi connectivity index (χ0) is 13.8. The van der Waals surface area contributed by atoms with Crippen molar-refractivity contribution in [3.8, 4) is 5.75 Å². The maximum Gasteiger partial charge on any atom is 0.255 e. The summed E-state index contributed by atoms with van der Waals surface area (Å²) in [5.41, 5.74) is 7.48. The van der Waals surface area contributed by atoms with Crippen LogP contribution in [0.1, 0.15) is 10.4 Å². The van der Waals surface area contributed by atoms with Gasteiger partial charge in [0.15, 0.2) is 0 Å². The second-order valence-electron chi connectivity index (χ2n) is 3.92. The standard InChI is InChI=1S/C14H13IN2O2/c1-19-13-6-5-9(7-12(13)16)14(18)17-11-4-2-3-10(15)8-11/h2-8H,16H2,1H3,(H,17,18). The number of nitrogens with one attached hydrogen (secondary N) is 1. The molecule has 0 radical (unpaired) electrons. The molecule has 0 aromatic heterocycles. The second-order valence-corrected chi connectivity index (χ2v) is 5.17. The van der Waals surface area contributed by atoms with Gasteiger partial charge in [-0.15, -0.1) is 0 Å². The lowest BCUT2D eigenvalue weighted by molar-refractivity contribution is 0.102. The molecule has 0 heterocycles. The molecule has 0 bridgehead atoms. The molecule has 4 nitrogen and oxygen atoms in total. The number of hydrogen-bond acceptors (Lipinski definition) is 3. The van der Waals surface area contributed by atoms with Crippen LogP contribution in [0.25, 0.3) is 0 Å². The smallest absolute Gasteiger partial charge is 0.255 e. The van der Waals surface area contributed by atoms with E-state index in [4.69, 9.17) is 10.5 Å². The van der Waals surface area contributed by atoms with Crippen molar-refractivity contribution in [3.63, 3.8) is 0 Å². The van der Waals surface area contributed by atoms with Crippen LogP contribution in [0, 0.1) is 3.57 Å². The van der Waals surface area contributed by atoms with Gasteiger partial charge >= 0.3 is 0 Å². The third-order valence-electron chi connectivity index (χ3n) is 2.57. The first-order valence-corrected chi connectivity index (χ1v) is 6.68. The van der Waals surface area contributed by atoms with Crippen LogP contribution in [0.15, 0.2) is 42.5 Å². The minimum absolute atomic E-state index is 0.198. The molecule has 0 aliphatic heterocycles. The van der Waals surface area contributed by atoms with Crippen molar-refractivity contribution >= 4 is 39.9 Å². The Hall–Kier alpha value is -1.76. The quantitative estimate of drug-likeness (QED) is 0.646. The summed E-state index contributed by atoms with van der Waals surface area (Å²) in [6.45, 7) is 0. The summed E-state index contributed by atoms with van der Waals surface area (Å²) in [4.78, 5) is 12.1. The van der Waals surface area contributed by atoms with Crippen LogP contribution in [0.5, 0.6) is 5.75 Å². The highest BCUT2D eigenvalue weighted by Crippen LogP contribution is 2.22. The average molecular weight is 368 g/mol. The number of hydrogen-bond donors (Lipinski definition) is 2. The second kappa shape index (κ2) is 5.92. The predicted octanol–water partition coefficient (Wildman–Crippen LogP) is 3.13. The fourth-order valence-electron chi connectivity index (χ4n) is 1.65. The number of amides is 1. The molecule has 0 fully saturated rings. The van der Waals surface area contributed by atoms with Crippen molar-refractivity contribution in [1.82, 2.24) is 0 Å². The third-order valence-corrected chi connectivity index (χ3v) is 3.25. The van der Waals surface area contributed by atoms with Gasteiger partial charge in [0.05, 0.1) is 12.8 Å². The van der Waals surface area contributed by atoms with Crippen molar-refractivity contribution in [2.24, 2.45) is 0 Å². The molecular weight excluding hydrogens is 355 g/mol. The Labute approximate surface area is 125 Å². The fraction of sp³-hybridized carbons (Fsp3) is 0.0714. The minimum Gasteiger partial charge on any atom is -0.495 e. The van der Waals surface area contributed by atoms with E-state index in [0.717, 1.165) is 9.26 Å². The topological polar surface area (TPSA) is 64.3 Å². The summed E-state index contributed by atoms with van der Waals surface area (Å²) >= 11 is 2.19. The first kappa shape index (κ1) is 13.7. The molecule has 5 heteroatoms. The Balaban J connectivity index is 2.18. The van der Waals surface area contributed by atoms with E-state index >= 15 is 0 Å². The number of rotatable bonds is 3. The molecule has 0 spiro atoms. The molecule has 0 aliphatic carbocycles. The van der Waals surface area contributed by atoms with E-state index in [9.17, 15) is 4.79 Å². The average Bonchev–Trinajstić information content (AvgIpc) is 2.38. The summed E-state index contributed by atoms with van der Waals surface area (Å²) in [6.07, 6.45) is 0. The van der Waals surface area contributed by atoms with Gasteiger partial charge in [0.1, 0.15) is 5.75 Å². The van der Waals surface area contributed by atoms with Crippen molar-refractivity contribution in [2.75, 3.05) is 18.2 Å². The molecule has 0 atom stereocenters. The van der Waals surface area contributed by atoms with E-state index in [0.29, 0.717) is 17.0 Å². The molecule has 2 aromatic carbocycles. The molecule has 0 aliphatic rings. The Morgan fingerprint density at radius 3 is 2.68 bits per heavy atom. The van der Waals surface area contributed by atoms with Gasteiger partial charge in [-0.2, -0.15) is 0 Å². The lowest BCUT2D eigenvalue weighted by Gasteiger charge is -2.08. The van der Waals surface area contributed by atoms with Gasteiger partial charge in [-0.3, -0.25) is 4.79 Å². The zero-order valence-corrected chi connectivity index (χ0v) is 12.5. The summed E-state index contributed by atoms with van der Waals surface area (Å²) < 4.78 is 6.12. The number of ether oxygens (including phenoxy) is 1. The molecule has 19 heavy (non-hydrogen) atoms. The third kappa shape index (κ3) is 3.37. The van der Waals surface area contributed by atoms with Crippen molar-refractivity contribution < 1.29 is 9.53 Å². The first-order valence-electron chi connectivity index (χ1n) is 5.60. The Kier molecular flexibility index (Phi) is 4.26. The summed E-state index contributed by atoms with van der Waals surface area (Å²) in [7, 11) is 1.54. The number of nitrogens with two attached hydrogens (primary N) is 1. The van der Waals surface area contributed by atoms with Gasteiger partial charge in [0, 0.05) is 14.8 Å². The summed E-state index contributed by atoms with van der Waals surface area (Å²) in [5.74, 6) is 0.363. The molecule has 98 valence electrons. The van der Waals surface area contributed by atoms with E-state index in [1.54, 1.807) is 18.2 Å². The number of benzene rings is 2. The van der Waals surface area contributed by atoms with Crippen LogP contribution in [-0.2, 0) is 0 Å². The molecular formula is C14H13IN2O2. The van der Waals surface area contributed by atoms with Crippen molar-refractivity contribution in [3.05, 3.63) is 51.6 Å². The van der Waals surface area contributed by atoms with E-state index in [1.165, 1.54) is 7.11 Å². The van der Waals surface area contributed by atoms with Gasteiger partial charge < -0.3 is 15.8 Å². The summed E-state index contributed by atoms with van der Waals surface area (Å²) in [6, 6.07) is 12.5. The summed E-state index contributed by atoms with van der Waals surface area (Å²) in [5, 5.41) is 2.82. The van der Waals surface area contributed by atoms with Gasteiger partial charge in [-0.05, 0) is 59.0 Å². The van der Waals surface area contributed by atoms with Crippen LogP contribution in [0.2, 0.25) is 0 Å². The fourth-order valence-corrected chi connectivity index (χ4v) is 2.19. The first-order chi connectivity index (χ1) is 9.10. The number of methoxy groups -OCH3 is 1.